The van der Waals surface area contributed by atoms with Crippen molar-refractivity contribution in [2.45, 2.75) is 110 Å². The number of carbonyl (C=O) groups is 2. The number of halogens is 1. The number of ketones is 1. The third kappa shape index (κ3) is 9.98. The van der Waals surface area contributed by atoms with Gasteiger partial charge in [-0.2, -0.15) is 0 Å². The van der Waals surface area contributed by atoms with Gasteiger partial charge in [-0.3, -0.25) is 4.79 Å². The summed E-state index contributed by atoms with van der Waals surface area (Å²) in [5.41, 5.74) is -0.338. The lowest BCUT2D eigenvalue weighted by Gasteiger charge is -2.11. The Morgan fingerprint density at radius 2 is 1.23 bits per heavy atom. The molecule has 194 valence electrons. The smallest absolute Gasteiger partial charge is 0.342 e. The van der Waals surface area contributed by atoms with Crippen LogP contribution < -0.4 is 0 Å². The Bertz CT molecular complexity index is 1020. The molecule has 0 unspecified atom stereocenters. The highest BCUT2D eigenvalue weighted by Gasteiger charge is 2.25. The van der Waals surface area contributed by atoms with Crippen LogP contribution in [0.1, 0.15) is 130 Å². The van der Waals surface area contributed by atoms with Gasteiger partial charge in [0.15, 0.2) is 5.78 Å². The van der Waals surface area contributed by atoms with Crippen LogP contribution in [0.4, 0.5) is 0 Å². The molecule has 0 aliphatic carbocycles. The second kappa shape index (κ2) is 16.8. The lowest BCUT2D eigenvalue weighted by Crippen LogP contribution is -2.12. The fourth-order valence-corrected chi connectivity index (χ4v) is 6.61. The minimum Gasteiger partial charge on any atom is -0.478 e. The van der Waals surface area contributed by atoms with E-state index in [0.717, 1.165) is 19.3 Å². The fraction of sp³-hybridized carbons (Fsp3) is 0.586. The van der Waals surface area contributed by atoms with Crippen molar-refractivity contribution < 1.29 is 20.8 Å². The number of carbonyl (C=O) groups excluding carboxylic acids is 1. The van der Waals surface area contributed by atoms with Crippen LogP contribution in [0.25, 0.3) is 10.8 Å². The van der Waals surface area contributed by atoms with Crippen LogP contribution in [-0.2, 0) is 6.14 Å². The number of hydrogen-bond acceptors (Lipinski definition) is 4. The van der Waals surface area contributed by atoms with Crippen molar-refractivity contribution in [1.29, 1.82) is 0 Å². The maximum Gasteiger partial charge on any atom is 0.342 e. The molecule has 0 fully saturated rings. The van der Waals surface area contributed by atoms with Crippen LogP contribution in [0.2, 0.25) is 0 Å². The van der Waals surface area contributed by atoms with Gasteiger partial charge < -0.3 is 5.11 Å². The van der Waals surface area contributed by atoms with E-state index in [0.29, 0.717) is 17.2 Å². The molecule has 0 aliphatic rings. The van der Waals surface area contributed by atoms with Crippen molar-refractivity contribution in [2.24, 2.45) is 0 Å². The van der Waals surface area contributed by atoms with Gasteiger partial charge in [0.05, 0.1) is 9.13 Å². The maximum atomic E-state index is 12.9. The van der Waals surface area contributed by atoms with Crippen LogP contribution in [0.3, 0.4) is 0 Å². The summed E-state index contributed by atoms with van der Waals surface area (Å²) in [5.74, 6) is -1.65. The first-order chi connectivity index (χ1) is 17.0. The molecule has 0 radical (unpaired) electrons. The van der Waals surface area contributed by atoms with Crippen molar-refractivity contribution in [1.82, 2.24) is 0 Å². The van der Waals surface area contributed by atoms with Gasteiger partial charge in [0.2, 0.25) is 0 Å². The molecule has 0 aromatic heterocycles. The first kappa shape index (κ1) is 29.4. The first-order valence-corrected chi connectivity index (χ1v) is 16.2. The number of carboxylic acids is 1. The molecule has 0 saturated heterocycles. The minimum atomic E-state index is -4.13. The summed E-state index contributed by atoms with van der Waals surface area (Å²) in [6, 6.07) is 8.28. The van der Waals surface area contributed by atoms with Crippen molar-refractivity contribution in [3.63, 3.8) is 0 Å². The number of Topliss-reactive ketones (excluding diaryl/α,β-unsaturated/α-hetero) is 1. The Morgan fingerprint density at radius 1 is 0.743 bits per heavy atom. The monoisotopic (exact) mass is 596 g/mol. The van der Waals surface area contributed by atoms with E-state index < -0.39 is 25.8 Å². The molecule has 5 nitrogen and oxygen atoms in total. The van der Waals surface area contributed by atoms with E-state index in [1.807, 2.05) is 0 Å². The molecule has 2 aromatic carbocycles. The van der Waals surface area contributed by atoms with Gasteiger partial charge in [0.25, 0.3) is 0 Å². The zero-order valence-corrected chi connectivity index (χ0v) is 23.3. The van der Waals surface area contributed by atoms with Gasteiger partial charge in [0.1, 0.15) is 0 Å². The molecule has 6 heteroatoms. The fourth-order valence-electron chi connectivity index (χ4n) is 4.68. The zero-order valence-electron chi connectivity index (χ0n) is 21.2. The van der Waals surface area contributed by atoms with Crippen molar-refractivity contribution in [3.05, 3.63) is 45.0 Å². The number of unbranched alkanes of at least 4 members (excludes halogenated alkanes) is 14. The van der Waals surface area contributed by atoms with Gasteiger partial charge in [-0.25, -0.2) is 10.9 Å². The van der Waals surface area contributed by atoms with E-state index in [1.54, 1.807) is 24.3 Å². The Hall–Kier alpha value is -1.83. The number of rotatable bonds is 19. The topological polar surface area (TPSA) is 88.5 Å². The third-order valence-electron chi connectivity index (χ3n) is 6.66. The highest BCUT2D eigenvalue weighted by atomic mass is 127. The maximum absolute atomic E-state index is 12.9. The van der Waals surface area contributed by atoms with Crippen molar-refractivity contribution in [3.8, 4) is 0 Å². The number of benzene rings is 2. The van der Waals surface area contributed by atoms with Crippen LogP contribution >= 0.6 is 19.8 Å². The quantitative estimate of drug-likeness (QED) is 0.0992. The van der Waals surface area contributed by atoms with E-state index in [9.17, 15) is 20.8 Å². The summed E-state index contributed by atoms with van der Waals surface area (Å²) >= 11 is -4.13. The van der Waals surface area contributed by atoms with E-state index in [1.165, 1.54) is 76.7 Å². The van der Waals surface area contributed by atoms with Gasteiger partial charge in [-0.1, -0.05) is 121 Å². The summed E-state index contributed by atoms with van der Waals surface area (Å²) in [6.45, 7) is 2.25. The molecule has 2 aromatic rings. The molecular formula is C29H41IO5. The van der Waals surface area contributed by atoms with Gasteiger partial charge in [-0.15, -0.1) is 0 Å². The van der Waals surface area contributed by atoms with Crippen molar-refractivity contribution >= 4 is 42.3 Å². The minimum absolute atomic E-state index is 0.0190. The van der Waals surface area contributed by atoms with Crippen molar-refractivity contribution in [2.75, 3.05) is 0 Å². The van der Waals surface area contributed by atoms with Gasteiger partial charge >= 0.3 is 25.8 Å². The molecule has 2 rings (SSSR count). The third-order valence-corrected chi connectivity index (χ3v) is 8.66. The molecule has 0 saturated carbocycles. The zero-order chi connectivity index (χ0) is 25.5. The lowest BCUT2D eigenvalue weighted by atomic mass is 9.95. The van der Waals surface area contributed by atoms with Crippen LogP contribution in [-0.4, -0.2) is 16.9 Å². The van der Waals surface area contributed by atoms with Gasteiger partial charge in [0, 0.05) is 17.4 Å². The molecule has 0 aliphatic heterocycles. The standard InChI is InChI=1S/C29H41IO5/c1-2-3-4-5-6-7-8-9-10-11-12-13-14-15-16-21-26(31)25-22-23-19-17-18-20-24(23)28(30(34)35)27(25)29(32)33/h17-20,22H,2-16,21H2,1H3,(H,32,33). The number of hydrogen-bond donors (Lipinski definition) is 1. The second-order valence-electron chi connectivity index (χ2n) is 9.48. The predicted octanol–water partition coefficient (Wildman–Crippen LogP) is 9.35. The first-order valence-electron chi connectivity index (χ1n) is 13.3. The molecule has 35 heavy (non-hydrogen) atoms. The van der Waals surface area contributed by atoms with Gasteiger partial charge in [-0.05, 0) is 17.9 Å². The predicted molar refractivity (Wildman–Crippen MR) is 149 cm³/mol. The SMILES string of the molecule is CCCCCCCCCCCCCCCCCC(=O)c1cc2ccccc2c(I(=O)=O)c1C(=O)O. The summed E-state index contributed by atoms with van der Waals surface area (Å²) in [5, 5.41) is 10.7. The van der Waals surface area contributed by atoms with E-state index in [-0.39, 0.29) is 26.9 Å². The van der Waals surface area contributed by atoms with Crippen LogP contribution in [0.5, 0.6) is 0 Å². The molecule has 0 bridgehead atoms. The van der Waals surface area contributed by atoms with Crippen LogP contribution in [0, 0.1) is 3.57 Å². The Balaban J connectivity index is 1.71. The highest BCUT2D eigenvalue weighted by Crippen LogP contribution is 2.34. The molecule has 0 amide bonds. The lowest BCUT2D eigenvalue weighted by molar-refractivity contribution is 0.0690. The average molecular weight is 597 g/mol. The molecule has 0 atom stereocenters. The Morgan fingerprint density at radius 3 is 1.71 bits per heavy atom. The summed E-state index contributed by atoms with van der Waals surface area (Å²) in [7, 11) is 0. The summed E-state index contributed by atoms with van der Waals surface area (Å²) in [6.07, 6.45) is 18.7. The molecule has 1 N–H and O–H groups in total. The number of aromatic carboxylic acids is 1. The summed E-state index contributed by atoms with van der Waals surface area (Å²) in [4.78, 5) is 24.8. The molecule has 0 heterocycles. The summed E-state index contributed by atoms with van der Waals surface area (Å²) < 4.78 is 23.8. The Kier molecular flexibility index (Phi) is 14.1. The Labute approximate surface area is 217 Å². The number of carboxylic acid groups (broad SMARTS) is 1. The molecule has 0 spiro atoms. The number of fused-ring (bicyclic) bond motifs is 1. The van der Waals surface area contributed by atoms with E-state index in [2.05, 4.69) is 6.92 Å². The van der Waals surface area contributed by atoms with E-state index >= 15 is 0 Å². The van der Waals surface area contributed by atoms with E-state index in [4.69, 9.17) is 0 Å². The molecular weight excluding hydrogens is 555 g/mol. The normalized spacial score (nSPS) is 11.4. The highest BCUT2D eigenvalue weighted by molar-refractivity contribution is 14.2. The average Bonchev–Trinajstić information content (AvgIpc) is 2.84. The largest absolute Gasteiger partial charge is 0.478 e. The van der Waals surface area contributed by atoms with Crippen LogP contribution in [0.15, 0.2) is 30.3 Å². The second-order valence-corrected chi connectivity index (χ2v) is 11.8.